The number of imidazole rings is 1. The molecule has 1 N–H and O–H groups in total. The third kappa shape index (κ3) is 2.75. The smallest absolute Gasteiger partial charge is 0.225 e. The van der Waals surface area contributed by atoms with Crippen molar-refractivity contribution < 1.29 is 0 Å². The van der Waals surface area contributed by atoms with Crippen LogP contribution >= 0.6 is 0 Å². The molecule has 0 aliphatic carbocycles. The Morgan fingerprint density at radius 1 is 1.24 bits per heavy atom. The summed E-state index contributed by atoms with van der Waals surface area (Å²) >= 11 is 0. The van der Waals surface area contributed by atoms with Crippen LogP contribution < -0.4 is 5.32 Å². The molecule has 0 saturated carbocycles. The standard InChI is InChI=1S/C13H20N4/c1-3-5-9-17-10-6-7-11-12(17)16-13(15-11)14-8-4-2/h6-7,10H,3-5,8-9H2,1-2H3,(H,14,15). The van der Waals surface area contributed by atoms with Crippen LogP contribution in [0.5, 0.6) is 0 Å². The maximum Gasteiger partial charge on any atom is 0.225 e. The topological polar surface area (TPSA) is 42.7 Å². The Bertz CT molecular complexity index is 435. The molecule has 2 rings (SSSR count). The van der Waals surface area contributed by atoms with Crippen LogP contribution in [-0.4, -0.2) is 21.1 Å². The summed E-state index contributed by atoms with van der Waals surface area (Å²) < 4.78 is 2.18. The fraction of sp³-hybridized carbons (Fsp3) is 0.538. The normalized spacial score (nSPS) is 10.9. The zero-order chi connectivity index (χ0) is 12.1. The third-order valence-corrected chi connectivity index (χ3v) is 2.75. The number of unbranched alkanes of at least 4 members (excludes halogenated alkanes) is 1. The second kappa shape index (κ2) is 5.66. The van der Waals surface area contributed by atoms with Crippen molar-refractivity contribution in [3.63, 3.8) is 0 Å². The number of hydrogen-bond donors (Lipinski definition) is 1. The van der Waals surface area contributed by atoms with Crippen molar-refractivity contribution in [3.05, 3.63) is 18.3 Å². The van der Waals surface area contributed by atoms with Crippen LogP contribution in [0.2, 0.25) is 0 Å². The van der Waals surface area contributed by atoms with E-state index in [0.717, 1.165) is 37.0 Å². The van der Waals surface area contributed by atoms with Gasteiger partial charge in [0.1, 0.15) is 5.69 Å². The molecule has 0 atom stereocenters. The summed E-state index contributed by atoms with van der Waals surface area (Å²) in [4.78, 5) is 9.02. The van der Waals surface area contributed by atoms with Crippen molar-refractivity contribution in [1.82, 2.24) is 14.5 Å². The largest absolute Gasteiger partial charge is 0.354 e. The maximum absolute atomic E-state index is 4.54. The number of aromatic nitrogens is 3. The number of pyridine rings is 1. The molecule has 17 heavy (non-hydrogen) atoms. The summed E-state index contributed by atoms with van der Waals surface area (Å²) in [6.07, 6.45) is 5.53. The summed E-state index contributed by atoms with van der Waals surface area (Å²) in [5, 5.41) is 3.23. The van der Waals surface area contributed by atoms with Crippen molar-refractivity contribution in [3.8, 4) is 11.5 Å². The molecule has 0 amide bonds. The molecule has 0 aromatic carbocycles. The average Bonchev–Trinajstić information content (AvgIpc) is 2.77. The van der Waals surface area contributed by atoms with Crippen molar-refractivity contribution in [2.45, 2.75) is 39.7 Å². The van der Waals surface area contributed by atoms with E-state index in [-0.39, 0.29) is 0 Å². The number of anilines is 1. The highest BCUT2D eigenvalue weighted by molar-refractivity contribution is 5.56. The molecule has 2 heterocycles. The molecule has 4 heteroatoms. The highest BCUT2D eigenvalue weighted by Gasteiger charge is 2.12. The molecule has 2 aliphatic heterocycles. The molecule has 0 aromatic rings. The lowest BCUT2D eigenvalue weighted by Crippen LogP contribution is -2.03. The SMILES string of the molecule is CCCCn1cccc2nc(NCCC)nc1-2. The molecular weight excluding hydrogens is 212 g/mol. The van der Waals surface area contributed by atoms with E-state index in [2.05, 4.69) is 39.9 Å². The molecule has 2 aliphatic rings. The number of nitrogens with one attached hydrogen (secondary N) is 1. The maximum atomic E-state index is 4.54. The number of rotatable bonds is 6. The quantitative estimate of drug-likeness (QED) is 0.832. The summed E-state index contributed by atoms with van der Waals surface area (Å²) in [5.74, 6) is 1.73. The first-order valence-corrected chi connectivity index (χ1v) is 6.42. The highest BCUT2D eigenvalue weighted by Crippen LogP contribution is 2.21. The molecule has 92 valence electrons. The summed E-state index contributed by atoms with van der Waals surface area (Å²) in [6, 6.07) is 4.05. The molecule has 0 fully saturated rings. The second-order valence-corrected chi connectivity index (χ2v) is 4.24. The zero-order valence-electron chi connectivity index (χ0n) is 10.6. The van der Waals surface area contributed by atoms with Crippen molar-refractivity contribution >= 4 is 5.95 Å². The number of nitrogens with zero attached hydrogens (tertiary/aromatic N) is 3. The van der Waals surface area contributed by atoms with Gasteiger partial charge in [-0.1, -0.05) is 20.3 Å². The van der Waals surface area contributed by atoms with Gasteiger partial charge in [0.2, 0.25) is 5.95 Å². The van der Waals surface area contributed by atoms with E-state index in [0.29, 0.717) is 0 Å². The molecule has 0 spiro atoms. The second-order valence-electron chi connectivity index (χ2n) is 4.24. The predicted molar refractivity (Wildman–Crippen MR) is 70.3 cm³/mol. The lowest BCUT2D eigenvalue weighted by molar-refractivity contribution is 0.628. The Morgan fingerprint density at radius 2 is 2.12 bits per heavy atom. The van der Waals surface area contributed by atoms with Crippen molar-refractivity contribution in [2.75, 3.05) is 11.9 Å². The van der Waals surface area contributed by atoms with E-state index < -0.39 is 0 Å². The van der Waals surface area contributed by atoms with E-state index in [9.17, 15) is 0 Å². The van der Waals surface area contributed by atoms with Gasteiger partial charge < -0.3 is 9.88 Å². The Labute approximate surface area is 102 Å². The minimum atomic E-state index is 0.748. The fourth-order valence-corrected chi connectivity index (χ4v) is 1.80. The number of hydrogen-bond acceptors (Lipinski definition) is 3. The molecule has 4 nitrogen and oxygen atoms in total. The highest BCUT2D eigenvalue weighted by atomic mass is 15.2. The van der Waals surface area contributed by atoms with Crippen LogP contribution in [0.25, 0.3) is 11.5 Å². The first-order chi connectivity index (χ1) is 8.35. The lowest BCUT2D eigenvalue weighted by Gasteiger charge is -2.08. The van der Waals surface area contributed by atoms with Crippen LogP contribution in [0.4, 0.5) is 5.95 Å². The minimum absolute atomic E-state index is 0.748. The summed E-state index contributed by atoms with van der Waals surface area (Å²) in [7, 11) is 0. The predicted octanol–water partition coefficient (Wildman–Crippen LogP) is 3.00. The molecular formula is C13H20N4. The first-order valence-electron chi connectivity index (χ1n) is 6.42. The Balaban J connectivity index is 2.21. The van der Waals surface area contributed by atoms with E-state index >= 15 is 0 Å². The fourth-order valence-electron chi connectivity index (χ4n) is 1.80. The molecule has 0 unspecified atom stereocenters. The van der Waals surface area contributed by atoms with Crippen molar-refractivity contribution in [2.24, 2.45) is 0 Å². The van der Waals surface area contributed by atoms with E-state index in [4.69, 9.17) is 0 Å². The minimum Gasteiger partial charge on any atom is -0.354 e. The lowest BCUT2D eigenvalue weighted by atomic mass is 10.3. The van der Waals surface area contributed by atoms with Crippen LogP contribution in [0, 0.1) is 0 Å². The van der Waals surface area contributed by atoms with Crippen LogP contribution in [-0.2, 0) is 6.54 Å². The van der Waals surface area contributed by atoms with Gasteiger partial charge in [-0.25, -0.2) is 4.98 Å². The van der Waals surface area contributed by atoms with Crippen LogP contribution in [0.1, 0.15) is 33.1 Å². The van der Waals surface area contributed by atoms with Gasteiger partial charge in [-0.2, -0.15) is 4.98 Å². The van der Waals surface area contributed by atoms with Gasteiger partial charge in [-0.15, -0.1) is 0 Å². The van der Waals surface area contributed by atoms with E-state index in [1.165, 1.54) is 12.8 Å². The third-order valence-electron chi connectivity index (χ3n) is 2.75. The summed E-state index contributed by atoms with van der Waals surface area (Å²) in [5.41, 5.74) is 0.974. The van der Waals surface area contributed by atoms with Crippen LogP contribution in [0.15, 0.2) is 18.3 Å². The summed E-state index contributed by atoms with van der Waals surface area (Å²) in [6.45, 7) is 6.27. The number of fused-ring (bicyclic) bond motifs is 1. The van der Waals surface area contributed by atoms with Gasteiger partial charge in [0.05, 0.1) is 0 Å². The van der Waals surface area contributed by atoms with Gasteiger partial charge >= 0.3 is 0 Å². The average molecular weight is 232 g/mol. The Morgan fingerprint density at radius 3 is 2.88 bits per heavy atom. The van der Waals surface area contributed by atoms with Gasteiger partial charge in [-0.3, -0.25) is 0 Å². The first kappa shape index (κ1) is 11.9. The van der Waals surface area contributed by atoms with Gasteiger partial charge in [0.15, 0.2) is 5.82 Å². The van der Waals surface area contributed by atoms with Crippen LogP contribution in [0.3, 0.4) is 0 Å². The van der Waals surface area contributed by atoms with Gasteiger partial charge in [-0.05, 0) is 25.0 Å². The Kier molecular flexibility index (Phi) is 3.96. The van der Waals surface area contributed by atoms with E-state index in [1.54, 1.807) is 0 Å². The molecule has 0 aromatic heterocycles. The molecule has 0 bridgehead atoms. The molecule has 0 saturated heterocycles. The van der Waals surface area contributed by atoms with Crippen molar-refractivity contribution in [1.29, 1.82) is 0 Å². The Hall–Kier alpha value is -1.58. The van der Waals surface area contributed by atoms with Gasteiger partial charge in [0.25, 0.3) is 0 Å². The number of aryl methyl sites for hydroxylation is 1. The zero-order valence-corrected chi connectivity index (χ0v) is 10.6. The van der Waals surface area contributed by atoms with E-state index in [1.807, 2.05) is 12.1 Å². The van der Waals surface area contributed by atoms with Gasteiger partial charge in [0, 0.05) is 19.3 Å². The molecule has 0 radical (unpaired) electrons. The monoisotopic (exact) mass is 232 g/mol.